The van der Waals surface area contributed by atoms with Crippen LogP contribution in [0, 0.1) is 14.9 Å². The fourth-order valence-corrected chi connectivity index (χ4v) is 2.93. The molecular formula is C23H31Zr. The Morgan fingerprint density at radius 1 is 0.625 bits per heavy atom. The first kappa shape index (κ1) is 23.2. The Labute approximate surface area is 168 Å². The van der Waals surface area contributed by atoms with Gasteiger partial charge in [0.25, 0.3) is 0 Å². The van der Waals surface area contributed by atoms with Gasteiger partial charge in [-0.25, -0.2) is 0 Å². The fraction of sp³-hybridized carbons (Fsp3) is 0.348. The number of benzene rings is 2. The van der Waals surface area contributed by atoms with E-state index in [4.69, 9.17) is 0 Å². The van der Waals surface area contributed by atoms with Crippen molar-refractivity contribution in [2.24, 2.45) is 0 Å². The van der Waals surface area contributed by atoms with E-state index in [1.807, 2.05) is 0 Å². The van der Waals surface area contributed by atoms with Gasteiger partial charge in [0.15, 0.2) is 0 Å². The van der Waals surface area contributed by atoms with E-state index in [2.05, 4.69) is 84.0 Å². The summed E-state index contributed by atoms with van der Waals surface area (Å²) in [7, 11) is 0. The largest absolute Gasteiger partial charge is 3.00 e. The molecule has 3 aromatic rings. The third-order valence-corrected chi connectivity index (χ3v) is 4.44. The molecule has 0 bridgehead atoms. The van der Waals surface area contributed by atoms with Crippen LogP contribution in [0.3, 0.4) is 0 Å². The molecule has 0 saturated carbocycles. The Balaban J connectivity index is 0.00000176. The quantitative estimate of drug-likeness (QED) is 0.351. The summed E-state index contributed by atoms with van der Waals surface area (Å²) >= 11 is 0. The van der Waals surface area contributed by atoms with Crippen LogP contribution in [0.5, 0.6) is 0 Å². The van der Waals surface area contributed by atoms with E-state index in [9.17, 15) is 0 Å². The van der Waals surface area contributed by atoms with Gasteiger partial charge in [-0.3, -0.25) is 0 Å². The second kappa shape index (κ2) is 7.61. The standard InChI is InChI=1S/C21H25.2CH3.Zr/c1-20(2,3)16-9-7-14-11-15-8-10-17(21(4,5)6)13-19(15)18(14)12-16;;;/h7-13H,1-6H3;2*1H3;/q3*-1;+3. The maximum atomic E-state index is 2.38. The van der Waals surface area contributed by atoms with Gasteiger partial charge in [-0.05, 0) is 10.8 Å². The smallest absolute Gasteiger partial charge is 0.358 e. The van der Waals surface area contributed by atoms with Crippen LogP contribution in [-0.2, 0) is 37.0 Å². The van der Waals surface area contributed by atoms with Crippen molar-refractivity contribution in [3.05, 3.63) is 68.4 Å². The van der Waals surface area contributed by atoms with E-state index in [0.29, 0.717) is 0 Å². The minimum absolute atomic E-state index is 0. The van der Waals surface area contributed by atoms with E-state index >= 15 is 0 Å². The summed E-state index contributed by atoms with van der Waals surface area (Å²) < 4.78 is 0. The summed E-state index contributed by atoms with van der Waals surface area (Å²) in [6.45, 7) is 13.7. The van der Waals surface area contributed by atoms with Crippen LogP contribution in [-0.4, -0.2) is 0 Å². The van der Waals surface area contributed by atoms with Crippen LogP contribution in [0.25, 0.3) is 21.5 Å². The summed E-state index contributed by atoms with van der Waals surface area (Å²) in [6, 6.07) is 16.1. The van der Waals surface area contributed by atoms with Crippen molar-refractivity contribution in [2.45, 2.75) is 52.4 Å². The monoisotopic (exact) mass is 397 g/mol. The van der Waals surface area contributed by atoms with Crippen molar-refractivity contribution in [3.8, 4) is 0 Å². The van der Waals surface area contributed by atoms with Gasteiger partial charge in [0.2, 0.25) is 0 Å². The molecule has 0 fully saturated rings. The Morgan fingerprint density at radius 3 is 1.25 bits per heavy atom. The number of hydrogen-bond acceptors (Lipinski definition) is 0. The molecule has 1 heteroatoms. The molecule has 0 unspecified atom stereocenters. The Bertz CT molecular complexity index is 739. The predicted octanol–water partition coefficient (Wildman–Crippen LogP) is 7.20. The topological polar surface area (TPSA) is 0 Å². The first-order chi connectivity index (χ1) is 9.66. The Morgan fingerprint density at radius 2 is 0.958 bits per heavy atom. The van der Waals surface area contributed by atoms with E-state index in [-0.39, 0.29) is 51.9 Å². The average Bonchev–Trinajstić information content (AvgIpc) is 2.73. The molecule has 0 nitrogen and oxygen atoms in total. The van der Waals surface area contributed by atoms with Gasteiger partial charge in [-0.1, -0.05) is 76.9 Å². The summed E-state index contributed by atoms with van der Waals surface area (Å²) in [5.41, 5.74) is 3.20. The normalized spacial score (nSPS) is 11.6. The summed E-state index contributed by atoms with van der Waals surface area (Å²) in [4.78, 5) is 0. The van der Waals surface area contributed by atoms with Crippen LogP contribution in [0.2, 0.25) is 0 Å². The van der Waals surface area contributed by atoms with Gasteiger partial charge in [-0.2, -0.15) is 0 Å². The third kappa shape index (κ3) is 4.23. The molecular weight excluding hydrogens is 367 g/mol. The Hall–Kier alpha value is -0.807. The third-order valence-electron chi connectivity index (χ3n) is 4.44. The number of fused-ring (bicyclic) bond motifs is 3. The van der Waals surface area contributed by atoms with E-state index in [0.717, 1.165) is 0 Å². The first-order valence-corrected chi connectivity index (χ1v) is 7.80. The van der Waals surface area contributed by atoms with Crippen molar-refractivity contribution in [2.75, 3.05) is 0 Å². The van der Waals surface area contributed by atoms with E-state index in [1.54, 1.807) is 0 Å². The van der Waals surface area contributed by atoms with Crippen LogP contribution in [0.15, 0.2) is 42.5 Å². The summed E-state index contributed by atoms with van der Waals surface area (Å²) in [5, 5.41) is 5.49. The van der Waals surface area contributed by atoms with Gasteiger partial charge in [0.05, 0.1) is 0 Å². The van der Waals surface area contributed by atoms with Crippen LogP contribution >= 0.6 is 0 Å². The van der Waals surface area contributed by atoms with Crippen LogP contribution in [0.4, 0.5) is 0 Å². The molecule has 0 amide bonds. The molecule has 0 spiro atoms. The fourth-order valence-electron chi connectivity index (χ4n) is 2.93. The van der Waals surface area contributed by atoms with Gasteiger partial charge in [0, 0.05) is 0 Å². The second-order valence-corrected chi connectivity index (χ2v) is 8.25. The first-order valence-electron chi connectivity index (χ1n) is 7.80. The van der Waals surface area contributed by atoms with Gasteiger partial charge >= 0.3 is 26.2 Å². The SMILES string of the molecule is CC(C)(C)c1ccc2[cH-]c3ccc(C(C)(C)C)cc3c2c1.[CH3-].[CH3-].[Zr+3]. The molecule has 1 radical (unpaired) electrons. The maximum Gasteiger partial charge on any atom is 3.00 e. The molecule has 0 aliphatic rings. The van der Waals surface area contributed by atoms with Crippen LogP contribution in [0.1, 0.15) is 52.7 Å². The van der Waals surface area contributed by atoms with E-state index < -0.39 is 0 Å². The Kier molecular flexibility index (Phi) is 7.35. The zero-order valence-electron chi connectivity index (χ0n) is 16.5. The summed E-state index contributed by atoms with van der Waals surface area (Å²) in [5.74, 6) is 0. The average molecular weight is 399 g/mol. The maximum absolute atomic E-state index is 2.38. The predicted molar refractivity (Wildman–Crippen MR) is 107 cm³/mol. The molecule has 0 atom stereocenters. The molecule has 0 heterocycles. The molecule has 0 aliphatic carbocycles. The number of rotatable bonds is 0. The second-order valence-electron chi connectivity index (χ2n) is 8.25. The number of hydrogen-bond donors (Lipinski definition) is 0. The minimum Gasteiger partial charge on any atom is -0.358 e. The zero-order chi connectivity index (χ0) is 15.4. The molecule has 3 rings (SSSR count). The molecule has 24 heavy (non-hydrogen) atoms. The van der Waals surface area contributed by atoms with Crippen molar-refractivity contribution < 1.29 is 26.2 Å². The molecule has 0 N–H and O–H groups in total. The summed E-state index contributed by atoms with van der Waals surface area (Å²) in [6.07, 6.45) is 0. The zero-order valence-corrected chi connectivity index (χ0v) is 19.0. The molecule has 127 valence electrons. The molecule has 3 aromatic carbocycles. The van der Waals surface area contributed by atoms with Crippen molar-refractivity contribution in [3.63, 3.8) is 0 Å². The van der Waals surface area contributed by atoms with Gasteiger partial charge < -0.3 is 14.9 Å². The molecule has 0 saturated heterocycles. The molecule has 0 aromatic heterocycles. The minimum atomic E-state index is 0. The van der Waals surface area contributed by atoms with E-state index in [1.165, 1.54) is 32.7 Å². The van der Waals surface area contributed by atoms with Crippen LogP contribution < -0.4 is 0 Å². The van der Waals surface area contributed by atoms with Gasteiger partial charge in [-0.15, -0.1) is 39.7 Å². The van der Waals surface area contributed by atoms with Crippen molar-refractivity contribution in [1.29, 1.82) is 0 Å². The van der Waals surface area contributed by atoms with Crippen molar-refractivity contribution >= 4 is 21.5 Å². The molecule has 0 aliphatic heterocycles. The van der Waals surface area contributed by atoms with Gasteiger partial charge in [0.1, 0.15) is 0 Å². The van der Waals surface area contributed by atoms with Crippen molar-refractivity contribution in [1.82, 2.24) is 0 Å².